The molecule has 3 rings (SSSR count). The Hall–Kier alpha value is -1.85. The summed E-state index contributed by atoms with van der Waals surface area (Å²) < 4.78 is 31.6. The van der Waals surface area contributed by atoms with Gasteiger partial charge in [-0.15, -0.1) is 0 Å². The van der Waals surface area contributed by atoms with Gasteiger partial charge in [-0.2, -0.15) is 0 Å². The SMILES string of the molecule is O=S([O-])Oc1cccc2oc3ccccc3c12. The van der Waals surface area contributed by atoms with Crippen LogP contribution in [0.5, 0.6) is 5.75 Å². The minimum Gasteiger partial charge on any atom is -0.740 e. The minimum atomic E-state index is -2.59. The molecule has 5 heteroatoms. The largest absolute Gasteiger partial charge is 0.740 e. The topological polar surface area (TPSA) is 62.5 Å². The molecule has 0 aliphatic carbocycles. The fraction of sp³-hybridized carbons (Fsp3) is 0. The molecular formula is C12H7O4S-. The van der Waals surface area contributed by atoms with Gasteiger partial charge in [-0.1, -0.05) is 24.3 Å². The van der Waals surface area contributed by atoms with Crippen LogP contribution in [0.2, 0.25) is 0 Å². The van der Waals surface area contributed by atoms with Gasteiger partial charge in [-0.05, 0) is 18.2 Å². The van der Waals surface area contributed by atoms with E-state index in [1.165, 1.54) is 0 Å². The fourth-order valence-corrected chi connectivity index (χ4v) is 2.17. The van der Waals surface area contributed by atoms with Gasteiger partial charge >= 0.3 is 0 Å². The number of benzene rings is 2. The average Bonchev–Trinajstić information content (AvgIpc) is 2.67. The second kappa shape index (κ2) is 3.87. The summed E-state index contributed by atoms with van der Waals surface area (Å²) in [4.78, 5) is 0. The first kappa shape index (κ1) is 10.3. The third kappa shape index (κ3) is 1.69. The van der Waals surface area contributed by atoms with Crippen LogP contribution < -0.4 is 4.18 Å². The lowest BCUT2D eigenvalue weighted by Crippen LogP contribution is -1.97. The molecule has 0 bridgehead atoms. The first-order valence-corrected chi connectivity index (χ1v) is 5.93. The lowest BCUT2D eigenvalue weighted by atomic mass is 10.1. The van der Waals surface area contributed by atoms with Crippen molar-refractivity contribution in [2.75, 3.05) is 0 Å². The molecule has 86 valence electrons. The number of furan rings is 1. The fourth-order valence-electron chi connectivity index (χ4n) is 1.88. The molecular weight excluding hydrogens is 240 g/mol. The van der Waals surface area contributed by atoms with E-state index in [1.54, 1.807) is 18.2 Å². The first-order chi connectivity index (χ1) is 8.25. The van der Waals surface area contributed by atoms with Crippen molar-refractivity contribution in [3.05, 3.63) is 42.5 Å². The van der Waals surface area contributed by atoms with Gasteiger partial charge in [0.2, 0.25) is 0 Å². The highest BCUT2D eigenvalue weighted by atomic mass is 32.2. The molecule has 17 heavy (non-hydrogen) atoms. The number of hydrogen-bond acceptors (Lipinski definition) is 4. The molecule has 2 aromatic carbocycles. The summed E-state index contributed by atoms with van der Waals surface area (Å²) in [7, 11) is 0. The molecule has 0 amide bonds. The van der Waals surface area contributed by atoms with Crippen LogP contribution in [0.25, 0.3) is 21.9 Å². The zero-order valence-electron chi connectivity index (χ0n) is 8.58. The smallest absolute Gasteiger partial charge is 0.150 e. The van der Waals surface area contributed by atoms with Gasteiger partial charge in [0.15, 0.2) is 5.75 Å². The zero-order chi connectivity index (χ0) is 11.8. The van der Waals surface area contributed by atoms with Crippen LogP contribution in [0, 0.1) is 0 Å². The Morgan fingerprint density at radius 3 is 2.65 bits per heavy atom. The van der Waals surface area contributed by atoms with Gasteiger partial charge in [0.05, 0.1) is 5.39 Å². The summed E-state index contributed by atoms with van der Waals surface area (Å²) in [6, 6.07) is 12.5. The molecule has 1 unspecified atom stereocenters. The van der Waals surface area contributed by atoms with Crippen LogP contribution in [0.3, 0.4) is 0 Å². The molecule has 0 spiro atoms. The highest BCUT2D eigenvalue weighted by molar-refractivity contribution is 7.74. The van der Waals surface area contributed by atoms with Crippen molar-refractivity contribution < 1.29 is 17.4 Å². The quantitative estimate of drug-likeness (QED) is 0.653. The highest BCUT2D eigenvalue weighted by Gasteiger charge is 2.11. The van der Waals surface area contributed by atoms with Crippen LogP contribution in [-0.2, 0) is 11.4 Å². The van der Waals surface area contributed by atoms with E-state index in [-0.39, 0.29) is 5.75 Å². The number of para-hydroxylation sites is 1. The lowest BCUT2D eigenvalue weighted by Gasteiger charge is -2.07. The van der Waals surface area contributed by atoms with Gasteiger partial charge in [0.1, 0.15) is 22.5 Å². The Morgan fingerprint density at radius 2 is 1.82 bits per heavy atom. The van der Waals surface area contributed by atoms with Crippen molar-refractivity contribution in [2.24, 2.45) is 0 Å². The Balaban J connectivity index is 2.39. The zero-order valence-corrected chi connectivity index (χ0v) is 9.40. The van der Waals surface area contributed by atoms with Crippen LogP contribution >= 0.6 is 0 Å². The second-order valence-electron chi connectivity index (χ2n) is 3.51. The van der Waals surface area contributed by atoms with Crippen molar-refractivity contribution >= 4 is 33.3 Å². The standard InChI is InChI=1S/C12H8O4S/c13-17(14)16-11-7-3-6-10-12(11)8-4-1-2-5-9(8)15-10/h1-7H,(H,13,14)/p-1. The van der Waals surface area contributed by atoms with E-state index < -0.39 is 11.4 Å². The van der Waals surface area contributed by atoms with E-state index in [1.807, 2.05) is 24.3 Å². The van der Waals surface area contributed by atoms with Gasteiger partial charge in [0, 0.05) is 5.39 Å². The molecule has 1 aromatic heterocycles. The minimum absolute atomic E-state index is 0.279. The Bertz CT molecular complexity index is 717. The summed E-state index contributed by atoms with van der Waals surface area (Å²) in [6.07, 6.45) is 0. The molecule has 4 nitrogen and oxygen atoms in total. The van der Waals surface area contributed by atoms with Crippen molar-refractivity contribution in [3.63, 3.8) is 0 Å². The number of rotatable bonds is 2. The van der Waals surface area contributed by atoms with Crippen molar-refractivity contribution in [3.8, 4) is 5.75 Å². The number of hydrogen-bond donors (Lipinski definition) is 0. The predicted molar refractivity (Wildman–Crippen MR) is 63.3 cm³/mol. The molecule has 0 saturated heterocycles. The summed E-state index contributed by atoms with van der Waals surface area (Å²) in [5, 5.41) is 1.51. The second-order valence-corrected chi connectivity index (χ2v) is 4.09. The third-order valence-electron chi connectivity index (χ3n) is 2.52. The van der Waals surface area contributed by atoms with E-state index in [9.17, 15) is 8.76 Å². The van der Waals surface area contributed by atoms with E-state index in [2.05, 4.69) is 0 Å². The summed E-state index contributed by atoms with van der Waals surface area (Å²) >= 11 is -2.59. The van der Waals surface area contributed by atoms with E-state index >= 15 is 0 Å². The van der Waals surface area contributed by atoms with Crippen molar-refractivity contribution in [1.82, 2.24) is 0 Å². The van der Waals surface area contributed by atoms with Crippen LogP contribution in [-0.4, -0.2) is 8.76 Å². The van der Waals surface area contributed by atoms with Gasteiger partial charge in [0.25, 0.3) is 0 Å². The summed E-state index contributed by atoms with van der Waals surface area (Å²) in [5.74, 6) is 0.279. The molecule has 0 aliphatic rings. The maximum Gasteiger partial charge on any atom is 0.150 e. The van der Waals surface area contributed by atoms with Crippen molar-refractivity contribution in [2.45, 2.75) is 0 Å². The normalized spacial score (nSPS) is 13.0. The maximum absolute atomic E-state index is 10.6. The first-order valence-electron chi connectivity index (χ1n) is 4.93. The molecule has 0 N–H and O–H groups in total. The molecule has 1 atom stereocenters. The van der Waals surface area contributed by atoms with Crippen LogP contribution in [0.4, 0.5) is 0 Å². The Labute approximate surface area is 99.3 Å². The monoisotopic (exact) mass is 247 g/mol. The Kier molecular flexibility index (Phi) is 2.35. The average molecular weight is 247 g/mol. The molecule has 0 saturated carbocycles. The molecule has 0 aliphatic heterocycles. The summed E-state index contributed by atoms with van der Waals surface area (Å²) in [6.45, 7) is 0. The van der Waals surface area contributed by atoms with E-state index in [0.717, 1.165) is 5.39 Å². The van der Waals surface area contributed by atoms with E-state index in [0.29, 0.717) is 16.6 Å². The van der Waals surface area contributed by atoms with Gasteiger partial charge < -0.3 is 13.2 Å². The molecule has 3 aromatic rings. The molecule has 1 heterocycles. The Morgan fingerprint density at radius 1 is 1.06 bits per heavy atom. The van der Waals surface area contributed by atoms with Crippen LogP contribution in [0.15, 0.2) is 46.9 Å². The lowest BCUT2D eigenvalue weighted by molar-refractivity contribution is 0.442. The van der Waals surface area contributed by atoms with Crippen molar-refractivity contribution in [1.29, 1.82) is 0 Å². The molecule has 0 fully saturated rings. The van der Waals surface area contributed by atoms with Gasteiger partial charge in [-0.25, -0.2) is 4.21 Å². The van der Waals surface area contributed by atoms with Gasteiger partial charge in [-0.3, -0.25) is 0 Å². The van der Waals surface area contributed by atoms with E-state index in [4.69, 9.17) is 8.60 Å². The summed E-state index contributed by atoms with van der Waals surface area (Å²) in [5.41, 5.74) is 1.31. The predicted octanol–water partition coefficient (Wildman–Crippen LogP) is 2.76. The maximum atomic E-state index is 10.6. The number of fused-ring (bicyclic) bond motifs is 3. The highest BCUT2D eigenvalue weighted by Crippen LogP contribution is 2.35. The van der Waals surface area contributed by atoms with Crippen LogP contribution in [0.1, 0.15) is 0 Å². The third-order valence-corrected chi connectivity index (χ3v) is 2.84. The molecule has 0 radical (unpaired) electrons.